The highest BCUT2D eigenvalue weighted by Crippen LogP contribution is 2.29. The SMILES string of the molecule is O=c1c(Cl)c(NCCSC(F)(F)F)cnn1CCO. The van der Waals surface area contributed by atoms with Crippen LogP contribution in [0.25, 0.3) is 0 Å². The Kier molecular flexibility index (Phi) is 5.95. The smallest absolute Gasteiger partial charge is 0.394 e. The van der Waals surface area contributed by atoms with E-state index in [9.17, 15) is 18.0 Å². The van der Waals surface area contributed by atoms with E-state index in [1.54, 1.807) is 0 Å². The largest absolute Gasteiger partial charge is 0.441 e. The highest BCUT2D eigenvalue weighted by atomic mass is 35.5. The minimum atomic E-state index is -4.28. The van der Waals surface area contributed by atoms with E-state index in [0.717, 1.165) is 4.68 Å². The predicted molar refractivity (Wildman–Crippen MR) is 67.6 cm³/mol. The molecule has 0 saturated carbocycles. The van der Waals surface area contributed by atoms with Crippen molar-refractivity contribution in [3.8, 4) is 0 Å². The molecule has 0 spiro atoms. The number of halogens is 4. The van der Waals surface area contributed by atoms with E-state index in [1.165, 1.54) is 6.20 Å². The molecule has 0 aliphatic heterocycles. The average molecular weight is 318 g/mol. The molecule has 10 heteroatoms. The molecule has 1 heterocycles. The Bertz CT molecular complexity index is 481. The van der Waals surface area contributed by atoms with Gasteiger partial charge in [-0.1, -0.05) is 11.6 Å². The Balaban J connectivity index is 2.60. The van der Waals surface area contributed by atoms with Gasteiger partial charge in [-0.15, -0.1) is 0 Å². The standard InChI is InChI=1S/C9H11ClF3N3O2S/c10-7-6(14-1-4-19-9(11,12)13)5-15-16(2-3-17)8(7)18/h5,14,17H,1-4H2. The average Bonchev–Trinajstić information content (AvgIpc) is 2.32. The summed E-state index contributed by atoms with van der Waals surface area (Å²) in [6.45, 7) is -0.268. The van der Waals surface area contributed by atoms with Crippen LogP contribution in [0.2, 0.25) is 5.02 Å². The Labute approximate surface area is 115 Å². The molecule has 0 fully saturated rings. The highest BCUT2D eigenvalue weighted by molar-refractivity contribution is 8.00. The predicted octanol–water partition coefficient (Wildman–Crippen LogP) is 1.55. The lowest BCUT2D eigenvalue weighted by Crippen LogP contribution is -2.26. The molecule has 0 aromatic carbocycles. The van der Waals surface area contributed by atoms with Gasteiger partial charge in [-0.25, -0.2) is 4.68 Å². The highest BCUT2D eigenvalue weighted by Gasteiger charge is 2.27. The van der Waals surface area contributed by atoms with Gasteiger partial charge in [-0.05, 0) is 11.8 Å². The molecule has 0 saturated heterocycles. The molecule has 2 N–H and O–H groups in total. The van der Waals surface area contributed by atoms with Crippen LogP contribution >= 0.6 is 23.4 Å². The van der Waals surface area contributed by atoms with Gasteiger partial charge in [-0.3, -0.25) is 4.79 Å². The Morgan fingerprint density at radius 2 is 2.21 bits per heavy atom. The number of nitrogens with zero attached hydrogens (tertiary/aromatic N) is 2. The van der Waals surface area contributed by atoms with Gasteiger partial charge in [-0.2, -0.15) is 18.3 Å². The molecule has 19 heavy (non-hydrogen) atoms. The maximum Gasteiger partial charge on any atom is 0.441 e. The van der Waals surface area contributed by atoms with Gasteiger partial charge in [0.05, 0.1) is 25.0 Å². The van der Waals surface area contributed by atoms with Crippen molar-refractivity contribution in [3.63, 3.8) is 0 Å². The van der Waals surface area contributed by atoms with Crippen molar-refractivity contribution < 1.29 is 18.3 Å². The summed E-state index contributed by atoms with van der Waals surface area (Å²) in [6.07, 6.45) is 1.23. The second kappa shape index (κ2) is 7.01. The van der Waals surface area contributed by atoms with Crippen molar-refractivity contribution in [2.75, 3.05) is 24.2 Å². The van der Waals surface area contributed by atoms with E-state index in [1.807, 2.05) is 0 Å². The molecule has 0 amide bonds. The van der Waals surface area contributed by atoms with Crippen LogP contribution in [0, 0.1) is 0 Å². The van der Waals surface area contributed by atoms with Crippen molar-refractivity contribution in [3.05, 3.63) is 21.6 Å². The van der Waals surface area contributed by atoms with Crippen molar-refractivity contribution in [2.45, 2.75) is 12.1 Å². The topological polar surface area (TPSA) is 67.2 Å². The molecule has 0 aliphatic carbocycles. The molecule has 0 atom stereocenters. The van der Waals surface area contributed by atoms with E-state index in [2.05, 4.69) is 10.4 Å². The zero-order valence-electron chi connectivity index (χ0n) is 9.58. The fourth-order valence-electron chi connectivity index (χ4n) is 1.19. The monoisotopic (exact) mass is 317 g/mol. The molecule has 1 aromatic rings. The summed E-state index contributed by atoms with van der Waals surface area (Å²) in [6, 6.07) is 0. The number of rotatable bonds is 6. The third-order valence-corrected chi connectivity index (χ3v) is 3.08. The summed E-state index contributed by atoms with van der Waals surface area (Å²) in [5, 5.41) is 14.8. The molecule has 1 rings (SSSR count). The maximum atomic E-state index is 11.9. The summed E-state index contributed by atoms with van der Waals surface area (Å²) >= 11 is 5.59. The van der Waals surface area contributed by atoms with Crippen LogP contribution in [0.4, 0.5) is 18.9 Å². The van der Waals surface area contributed by atoms with E-state index < -0.39 is 11.1 Å². The van der Waals surface area contributed by atoms with Gasteiger partial charge < -0.3 is 10.4 Å². The van der Waals surface area contributed by atoms with Crippen LogP contribution in [0.5, 0.6) is 0 Å². The fourth-order valence-corrected chi connectivity index (χ4v) is 1.84. The van der Waals surface area contributed by atoms with Crippen LogP contribution in [-0.2, 0) is 6.54 Å². The molecule has 0 aliphatic rings. The van der Waals surface area contributed by atoms with E-state index in [4.69, 9.17) is 16.7 Å². The third kappa shape index (κ3) is 5.29. The summed E-state index contributed by atoms with van der Waals surface area (Å²) in [4.78, 5) is 11.6. The Morgan fingerprint density at radius 1 is 1.53 bits per heavy atom. The van der Waals surface area contributed by atoms with Crippen LogP contribution in [0.15, 0.2) is 11.0 Å². The third-order valence-electron chi connectivity index (χ3n) is 1.98. The number of aliphatic hydroxyl groups is 1. The van der Waals surface area contributed by atoms with E-state index in [0.29, 0.717) is 0 Å². The van der Waals surface area contributed by atoms with Crippen molar-refractivity contribution in [1.29, 1.82) is 0 Å². The first-order chi connectivity index (χ1) is 8.85. The number of thioether (sulfide) groups is 1. The number of aliphatic hydroxyl groups excluding tert-OH is 1. The number of alkyl halides is 3. The van der Waals surface area contributed by atoms with Gasteiger partial charge >= 0.3 is 5.51 Å². The first kappa shape index (κ1) is 16.1. The maximum absolute atomic E-state index is 11.9. The molecule has 0 bridgehead atoms. The number of anilines is 1. The van der Waals surface area contributed by atoms with Gasteiger partial charge in [0.25, 0.3) is 5.56 Å². The molecule has 0 radical (unpaired) electrons. The molecule has 5 nitrogen and oxygen atoms in total. The summed E-state index contributed by atoms with van der Waals surface area (Å²) in [7, 11) is 0. The first-order valence-corrected chi connectivity index (χ1v) is 6.52. The van der Waals surface area contributed by atoms with Crippen LogP contribution in [-0.4, -0.2) is 39.3 Å². The lowest BCUT2D eigenvalue weighted by atomic mass is 10.4. The number of nitrogens with one attached hydrogen (secondary N) is 1. The molecule has 1 aromatic heterocycles. The minimum Gasteiger partial charge on any atom is -0.394 e. The quantitative estimate of drug-likeness (QED) is 0.779. The van der Waals surface area contributed by atoms with Gasteiger partial charge in [0.1, 0.15) is 5.02 Å². The lowest BCUT2D eigenvalue weighted by Gasteiger charge is -2.10. The van der Waals surface area contributed by atoms with E-state index in [-0.39, 0.29) is 47.9 Å². The lowest BCUT2D eigenvalue weighted by molar-refractivity contribution is -0.0327. The summed E-state index contributed by atoms with van der Waals surface area (Å²) in [5.41, 5.74) is -4.72. The van der Waals surface area contributed by atoms with Gasteiger partial charge in [0.2, 0.25) is 0 Å². The summed E-state index contributed by atoms with van der Waals surface area (Å²) in [5.74, 6) is -0.209. The Hall–Kier alpha value is -0.930. The second-order valence-corrected chi connectivity index (χ2v) is 4.88. The van der Waals surface area contributed by atoms with Crippen molar-refractivity contribution in [2.24, 2.45) is 0 Å². The Morgan fingerprint density at radius 3 is 2.79 bits per heavy atom. The van der Waals surface area contributed by atoms with Crippen molar-refractivity contribution >= 4 is 29.1 Å². The van der Waals surface area contributed by atoms with Gasteiger partial charge in [0, 0.05) is 12.3 Å². The minimum absolute atomic E-state index is 0.00274. The van der Waals surface area contributed by atoms with Crippen LogP contribution < -0.4 is 10.9 Å². The first-order valence-electron chi connectivity index (χ1n) is 5.16. The zero-order chi connectivity index (χ0) is 14.5. The molecule has 0 unspecified atom stereocenters. The molecular weight excluding hydrogens is 307 g/mol. The number of hydrogen-bond donors (Lipinski definition) is 2. The fraction of sp³-hybridized carbons (Fsp3) is 0.556. The number of aromatic nitrogens is 2. The number of hydrogen-bond acceptors (Lipinski definition) is 5. The second-order valence-electron chi connectivity index (χ2n) is 3.35. The zero-order valence-corrected chi connectivity index (χ0v) is 11.1. The van der Waals surface area contributed by atoms with Gasteiger partial charge in [0.15, 0.2) is 0 Å². The summed E-state index contributed by atoms with van der Waals surface area (Å²) < 4.78 is 36.6. The van der Waals surface area contributed by atoms with E-state index >= 15 is 0 Å². The molecular formula is C9H11ClF3N3O2S. The normalized spacial score (nSPS) is 11.6. The van der Waals surface area contributed by atoms with Crippen LogP contribution in [0.3, 0.4) is 0 Å². The van der Waals surface area contributed by atoms with Crippen molar-refractivity contribution in [1.82, 2.24) is 9.78 Å². The van der Waals surface area contributed by atoms with Crippen LogP contribution in [0.1, 0.15) is 0 Å². The molecule has 108 valence electrons.